The maximum atomic E-state index is 13.2. The molecular formula is C24H21NO5. The molecule has 1 aromatic rings. The molecule has 1 aliphatic heterocycles. The van der Waals surface area contributed by atoms with E-state index in [2.05, 4.69) is 5.32 Å². The molecule has 1 fully saturated rings. The van der Waals surface area contributed by atoms with Crippen LogP contribution in [0.3, 0.4) is 0 Å². The fourth-order valence-corrected chi connectivity index (χ4v) is 5.51. The number of Topliss-reactive ketones (excluding diaryl/α,β-unsaturated/α-hetero) is 1. The minimum absolute atomic E-state index is 0.154. The van der Waals surface area contributed by atoms with E-state index in [0.29, 0.717) is 28.7 Å². The average Bonchev–Trinajstić information content (AvgIpc) is 3.01. The highest BCUT2D eigenvalue weighted by molar-refractivity contribution is 6.23. The molecule has 6 heteroatoms. The second kappa shape index (κ2) is 6.36. The highest BCUT2D eigenvalue weighted by Gasteiger charge is 2.53. The number of rotatable bonds is 1. The molecule has 30 heavy (non-hydrogen) atoms. The molecule has 4 atom stereocenters. The van der Waals surface area contributed by atoms with Crippen molar-refractivity contribution in [3.63, 3.8) is 0 Å². The Kier molecular flexibility index (Phi) is 3.97. The Balaban J connectivity index is 1.73. The van der Waals surface area contributed by atoms with Gasteiger partial charge in [0, 0.05) is 22.6 Å². The smallest absolute Gasteiger partial charge is 0.231 e. The van der Waals surface area contributed by atoms with Crippen molar-refractivity contribution in [2.24, 2.45) is 17.8 Å². The van der Waals surface area contributed by atoms with E-state index in [1.807, 2.05) is 12.1 Å². The number of phenols is 1. The lowest BCUT2D eigenvalue weighted by Gasteiger charge is -2.42. The van der Waals surface area contributed by atoms with Crippen LogP contribution < -0.4 is 5.32 Å². The van der Waals surface area contributed by atoms with E-state index in [1.165, 1.54) is 6.08 Å². The van der Waals surface area contributed by atoms with Crippen LogP contribution in [0.25, 0.3) is 0 Å². The van der Waals surface area contributed by atoms with Crippen molar-refractivity contribution in [3.8, 4) is 5.75 Å². The number of hydrogen-bond donors (Lipinski definition) is 2. The number of benzene rings is 1. The zero-order chi connectivity index (χ0) is 21.3. The van der Waals surface area contributed by atoms with Crippen LogP contribution in [0.15, 0.2) is 52.6 Å². The summed E-state index contributed by atoms with van der Waals surface area (Å²) in [6.07, 6.45) is 4.06. The summed E-state index contributed by atoms with van der Waals surface area (Å²) in [5, 5.41) is 12.4. The fourth-order valence-electron chi connectivity index (χ4n) is 5.51. The number of amides is 2. The molecular weight excluding hydrogens is 382 g/mol. The molecule has 0 unspecified atom stereocenters. The number of ketones is 2. The summed E-state index contributed by atoms with van der Waals surface area (Å²) in [7, 11) is 0. The van der Waals surface area contributed by atoms with Crippen molar-refractivity contribution in [1.82, 2.24) is 5.32 Å². The van der Waals surface area contributed by atoms with E-state index in [-0.39, 0.29) is 41.5 Å². The number of hydrogen-bond acceptors (Lipinski definition) is 5. The first-order chi connectivity index (χ1) is 14.3. The summed E-state index contributed by atoms with van der Waals surface area (Å²) >= 11 is 0. The number of nitrogens with one attached hydrogen (secondary N) is 1. The Morgan fingerprint density at radius 3 is 2.53 bits per heavy atom. The third-order valence-electron chi connectivity index (χ3n) is 6.96. The molecule has 4 aliphatic rings. The van der Waals surface area contributed by atoms with Gasteiger partial charge in [-0.05, 0) is 55.9 Å². The van der Waals surface area contributed by atoms with Crippen LogP contribution in [0.1, 0.15) is 36.8 Å². The molecule has 0 saturated carbocycles. The summed E-state index contributed by atoms with van der Waals surface area (Å²) in [6, 6.07) is 5.17. The number of imide groups is 1. The minimum Gasteiger partial charge on any atom is -0.508 e. The molecule has 0 spiro atoms. The normalized spacial score (nSPS) is 30.3. The highest BCUT2D eigenvalue weighted by Crippen LogP contribution is 2.54. The predicted molar refractivity (Wildman–Crippen MR) is 107 cm³/mol. The maximum absolute atomic E-state index is 13.2. The summed E-state index contributed by atoms with van der Waals surface area (Å²) in [4.78, 5) is 50.9. The van der Waals surface area contributed by atoms with E-state index >= 15 is 0 Å². The lowest BCUT2D eigenvalue weighted by atomic mass is 9.59. The van der Waals surface area contributed by atoms with Crippen molar-refractivity contribution in [1.29, 1.82) is 0 Å². The van der Waals surface area contributed by atoms with Gasteiger partial charge >= 0.3 is 0 Å². The number of fused-ring (bicyclic) bond motifs is 3. The fraction of sp³-hybridized carbons (Fsp3) is 0.333. The average molecular weight is 403 g/mol. The van der Waals surface area contributed by atoms with Crippen LogP contribution in [0.5, 0.6) is 5.75 Å². The Morgan fingerprint density at radius 1 is 1.03 bits per heavy atom. The van der Waals surface area contributed by atoms with Gasteiger partial charge in [-0.25, -0.2) is 0 Å². The lowest BCUT2D eigenvalue weighted by molar-refractivity contribution is -0.126. The Labute approximate surface area is 173 Å². The minimum atomic E-state index is -0.526. The van der Waals surface area contributed by atoms with Gasteiger partial charge in [-0.15, -0.1) is 0 Å². The molecule has 1 aromatic carbocycles. The van der Waals surface area contributed by atoms with E-state index in [4.69, 9.17) is 0 Å². The monoisotopic (exact) mass is 403 g/mol. The molecule has 1 heterocycles. The van der Waals surface area contributed by atoms with E-state index in [9.17, 15) is 24.3 Å². The largest absolute Gasteiger partial charge is 0.508 e. The zero-order valence-corrected chi connectivity index (χ0v) is 16.7. The van der Waals surface area contributed by atoms with Gasteiger partial charge in [0.25, 0.3) is 0 Å². The SMILES string of the molecule is CC1=CC(=O)C2=C(C1=O)[C@@H](c1ccc(O)c(C)c1)C1=CC[C@@H]3C(=O)NC(=O)[C@@H]3[C@@H]1C2. The second-order valence-electron chi connectivity index (χ2n) is 8.63. The first kappa shape index (κ1) is 18.7. The molecule has 0 aromatic heterocycles. The molecule has 2 N–H and O–H groups in total. The van der Waals surface area contributed by atoms with Crippen LogP contribution in [0.2, 0.25) is 0 Å². The quantitative estimate of drug-likeness (QED) is 0.426. The van der Waals surface area contributed by atoms with Crippen LogP contribution in [-0.4, -0.2) is 28.5 Å². The lowest BCUT2D eigenvalue weighted by Crippen LogP contribution is -2.39. The van der Waals surface area contributed by atoms with E-state index in [0.717, 1.165) is 11.1 Å². The van der Waals surface area contributed by atoms with Crippen molar-refractivity contribution in [3.05, 3.63) is 63.8 Å². The van der Waals surface area contributed by atoms with Gasteiger partial charge < -0.3 is 5.11 Å². The van der Waals surface area contributed by atoms with Gasteiger partial charge in [-0.3, -0.25) is 24.5 Å². The van der Waals surface area contributed by atoms with Crippen LogP contribution >= 0.6 is 0 Å². The molecule has 2 amide bonds. The Hall–Kier alpha value is -3.28. The molecule has 0 bridgehead atoms. The number of aryl methyl sites for hydroxylation is 1. The van der Waals surface area contributed by atoms with Gasteiger partial charge in [0.15, 0.2) is 11.6 Å². The van der Waals surface area contributed by atoms with Gasteiger partial charge in [-0.2, -0.15) is 0 Å². The highest BCUT2D eigenvalue weighted by atomic mass is 16.3. The summed E-state index contributed by atoms with van der Waals surface area (Å²) in [5.41, 5.74) is 3.70. The summed E-state index contributed by atoms with van der Waals surface area (Å²) < 4.78 is 0. The molecule has 152 valence electrons. The molecule has 3 aliphatic carbocycles. The van der Waals surface area contributed by atoms with Gasteiger partial charge in [0.05, 0.1) is 11.8 Å². The van der Waals surface area contributed by atoms with Crippen LogP contribution in [0.4, 0.5) is 0 Å². The van der Waals surface area contributed by atoms with Crippen LogP contribution in [-0.2, 0) is 19.2 Å². The number of phenolic OH excluding ortho intramolecular Hbond substituents is 1. The number of aromatic hydroxyl groups is 1. The van der Waals surface area contributed by atoms with E-state index in [1.54, 1.807) is 26.0 Å². The van der Waals surface area contributed by atoms with E-state index < -0.39 is 17.8 Å². The standard InChI is InChI=1S/C24H21NO5/c1-10-7-12(3-6-17(10)26)19-13-4-5-14-20(24(30)25-23(14)29)15(13)9-16-18(27)8-11(2)22(28)21(16)19/h3-4,6-8,14-15,19-20,26H,5,9H2,1-2H3,(H,25,29,30)/t14-,15+,19-,20-/m0/s1. The van der Waals surface area contributed by atoms with Gasteiger partial charge in [0.2, 0.25) is 11.8 Å². The molecule has 1 saturated heterocycles. The summed E-state index contributed by atoms with van der Waals surface area (Å²) in [6.45, 7) is 3.42. The van der Waals surface area contributed by atoms with Gasteiger partial charge in [0.1, 0.15) is 5.75 Å². The third-order valence-corrected chi connectivity index (χ3v) is 6.96. The van der Waals surface area contributed by atoms with Crippen LogP contribution in [0, 0.1) is 24.7 Å². The first-order valence-corrected chi connectivity index (χ1v) is 10.1. The Morgan fingerprint density at radius 2 is 1.80 bits per heavy atom. The second-order valence-corrected chi connectivity index (χ2v) is 8.63. The maximum Gasteiger partial charge on any atom is 0.231 e. The third kappa shape index (κ3) is 2.49. The topological polar surface area (TPSA) is 101 Å². The zero-order valence-electron chi connectivity index (χ0n) is 16.7. The molecule has 5 rings (SSSR count). The number of carbonyl (C=O) groups is 4. The van der Waals surface area contributed by atoms with Crippen molar-refractivity contribution in [2.45, 2.75) is 32.6 Å². The first-order valence-electron chi connectivity index (χ1n) is 10.1. The Bertz CT molecular complexity index is 1150. The number of carbonyl (C=O) groups excluding carboxylic acids is 4. The molecule has 0 radical (unpaired) electrons. The van der Waals surface area contributed by atoms with Crippen molar-refractivity contribution < 1.29 is 24.3 Å². The number of allylic oxidation sites excluding steroid dienone is 6. The van der Waals surface area contributed by atoms with Gasteiger partial charge in [-0.1, -0.05) is 23.8 Å². The van der Waals surface area contributed by atoms with Crippen molar-refractivity contribution in [2.75, 3.05) is 0 Å². The summed E-state index contributed by atoms with van der Waals surface area (Å²) in [5.74, 6) is -2.50. The van der Waals surface area contributed by atoms with Crippen molar-refractivity contribution >= 4 is 23.4 Å². The molecule has 6 nitrogen and oxygen atoms in total. The predicted octanol–water partition coefficient (Wildman–Crippen LogP) is 2.42.